The van der Waals surface area contributed by atoms with Gasteiger partial charge in [0.1, 0.15) is 0 Å². The van der Waals surface area contributed by atoms with Crippen molar-refractivity contribution in [1.82, 2.24) is 15.1 Å². The fourth-order valence-corrected chi connectivity index (χ4v) is 1.47. The maximum atomic E-state index is 10.7. The molecule has 0 spiro atoms. The first-order valence-electron chi connectivity index (χ1n) is 4.61. The van der Waals surface area contributed by atoms with Gasteiger partial charge in [-0.05, 0) is 6.42 Å². The van der Waals surface area contributed by atoms with Crippen LogP contribution in [0.3, 0.4) is 0 Å². The first-order chi connectivity index (χ1) is 6.29. The summed E-state index contributed by atoms with van der Waals surface area (Å²) in [6.07, 6.45) is 5.53. The molecular formula is C9H13N3O. The first kappa shape index (κ1) is 8.29. The number of nitrogens with one attached hydrogen (secondary N) is 1. The summed E-state index contributed by atoms with van der Waals surface area (Å²) in [6, 6.07) is 0.207. The van der Waals surface area contributed by atoms with Crippen LogP contribution in [0.15, 0.2) is 12.4 Å². The van der Waals surface area contributed by atoms with Gasteiger partial charge in [0.2, 0.25) is 5.91 Å². The summed E-state index contributed by atoms with van der Waals surface area (Å²) < 4.78 is 1.92. The summed E-state index contributed by atoms with van der Waals surface area (Å²) in [4.78, 5) is 10.7. The van der Waals surface area contributed by atoms with E-state index in [2.05, 4.69) is 17.3 Å². The topological polar surface area (TPSA) is 46.9 Å². The van der Waals surface area contributed by atoms with E-state index in [0.29, 0.717) is 6.42 Å². The summed E-state index contributed by atoms with van der Waals surface area (Å²) in [7, 11) is 0. The molecule has 1 amide bonds. The molecule has 0 aliphatic carbocycles. The Bertz CT molecular complexity index is 310. The van der Waals surface area contributed by atoms with Gasteiger partial charge in [-0.25, -0.2) is 0 Å². The van der Waals surface area contributed by atoms with Crippen LogP contribution in [-0.4, -0.2) is 15.7 Å². The molecule has 0 radical (unpaired) electrons. The minimum Gasteiger partial charge on any atom is -0.349 e. The summed E-state index contributed by atoms with van der Waals surface area (Å²) >= 11 is 0. The molecule has 13 heavy (non-hydrogen) atoms. The summed E-state index contributed by atoms with van der Waals surface area (Å²) in [5, 5.41) is 7.02. The van der Waals surface area contributed by atoms with Crippen molar-refractivity contribution in [3.63, 3.8) is 0 Å². The van der Waals surface area contributed by atoms with Gasteiger partial charge in [-0.15, -0.1) is 0 Å². The number of rotatable bonds is 3. The first-order valence-corrected chi connectivity index (χ1v) is 4.61. The molecule has 0 bridgehead atoms. The maximum Gasteiger partial charge on any atom is 0.222 e. The van der Waals surface area contributed by atoms with Crippen LogP contribution in [0.2, 0.25) is 0 Å². The van der Waals surface area contributed by atoms with E-state index >= 15 is 0 Å². The van der Waals surface area contributed by atoms with Crippen LogP contribution in [0.25, 0.3) is 0 Å². The third kappa shape index (κ3) is 1.56. The Hall–Kier alpha value is -1.32. The molecule has 1 aromatic heterocycles. The number of nitrogens with zero attached hydrogens (tertiary/aromatic N) is 2. The van der Waals surface area contributed by atoms with Gasteiger partial charge < -0.3 is 5.32 Å². The average molecular weight is 179 g/mol. The van der Waals surface area contributed by atoms with Crippen molar-refractivity contribution in [1.29, 1.82) is 0 Å². The van der Waals surface area contributed by atoms with Gasteiger partial charge in [-0.2, -0.15) is 5.10 Å². The Kier molecular flexibility index (Phi) is 2.04. The highest BCUT2D eigenvalue weighted by atomic mass is 16.2. The zero-order valence-corrected chi connectivity index (χ0v) is 7.66. The molecule has 1 atom stereocenters. The monoisotopic (exact) mass is 179 g/mol. The van der Waals surface area contributed by atoms with Gasteiger partial charge in [0.25, 0.3) is 0 Å². The normalized spacial score (nSPS) is 21.0. The average Bonchev–Trinajstić information content (AvgIpc) is 2.48. The molecule has 1 unspecified atom stereocenters. The smallest absolute Gasteiger partial charge is 0.222 e. The number of amides is 1. The van der Waals surface area contributed by atoms with Crippen molar-refractivity contribution < 1.29 is 4.79 Å². The molecule has 1 aliphatic rings. The minimum absolute atomic E-state index is 0.133. The molecule has 1 saturated heterocycles. The number of aromatic nitrogens is 2. The highest BCUT2D eigenvalue weighted by Crippen LogP contribution is 2.22. The molecule has 70 valence electrons. The molecule has 0 aromatic carbocycles. The third-order valence-corrected chi connectivity index (χ3v) is 2.23. The number of carbonyl (C=O) groups is 1. The van der Waals surface area contributed by atoms with E-state index in [1.165, 1.54) is 0 Å². The van der Waals surface area contributed by atoms with Crippen LogP contribution in [0.1, 0.15) is 31.4 Å². The van der Waals surface area contributed by atoms with E-state index in [4.69, 9.17) is 0 Å². The van der Waals surface area contributed by atoms with Gasteiger partial charge in [-0.1, -0.05) is 6.92 Å². The van der Waals surface area contributed by atoms with Crippen molar-refractivity contribution in [2.45, 2.75) is 32.4 Å². The number of hydrogen-bond donors (Lipinski definition) is 1. The number of aryl methyl sites for hydroxylation is 1. The Balaban J connectivity index is 2.01. The van der Waals surface area contributed by atoms with E-state index in [0.717, 1.165) is 18.5 Å². The Morgan fingerprint density at radius 3 is 3.15 bits per heavy atom. The Labute approximate surface area is 76.9 Å². The standard InChI is InChI=1S/C9H13N3O/c1-2-3-12-6-7(5-10-12)8-4-9(13)11-8/h5-6,8H,2-4H2,1H3,(H,11,13). The van der Waals surface area contributed by atoms with Crippen LogP contribution in [0, 0.1) is 0 Å². The van der Waals surface area contributed by atoms with Crippen molar-refractivity contribution in [2.75, 3.05) is 0 Å². The lowest BCUT2D eigenvalue weighted by atomic mass is 10.0. The zero-order chi connectivity index (χ0) is 9.26. The number of carbonyl (C=O) groups excluding carboxylic acids is 1. The Morgan fingerprint density at radius 1 is 1.77 bits per heavy atom. The fourth-order valence-electron chi connectivity index (χ4n) is 1.47. The minimum atomic E-state index is 0.133. The molecule has 4 heteroatoms. The molecule has 4 nitrogen and oxygen atoms in total. The molecular weight excluding hydrogens is 166 g/mol. The van der Waals surface area contributed by atoms with Crippen LogP contribution in [0.5, 0.6) is 0 Å². The molecule has 1 aromatic rings. The van der Waals surface area contributed by atoms with Gasteiger partial charge >= 0.3 is 0 Å². The second kappa shape index (κ2) is 3.20. The van der Waals surface area contributed by atoms with Crippen molar-refractivity contribution in [3.05, 3.63) is 18.0 Å². The lowest BCUT2D eigenvalue weighted by molar-refractivity contribution is -0.128. The van der Waals surface area contributed by atoms with Crippen LogP contribution in [-0.2, 0) is 11.3 Å². The highest BCUT2D eigenvalue weighted by molar-refractivity contribution is 5.83. The predicted molar refractivity (Wildman–Crippen MR) is 48.0 cm³/mol. The lowest BCUT2D eigenvalue weighted by Gasteiger charge is -2.25. The van der Waals surface area contributed by atoms with Crippen LogP contribution in [0.4, 0.5) is 0 Å². The molecule has 2 heterocycles. The second-order valence-electron chi connectivity index (χ2n) is 3.36. The Morgan fingerprint density at radius 2 is 2.54 bits per heavy atom. The predicted octanol–water partition coefficient (Wildman–Crippen LogP) is 0.854. The summed E-state index contributed by atoms with van der Waals surface area (Å²) in [5.41, 5.74) is 1.12. The summed E-state index contributed by atoms with van der Waals surface area (Å²) in [5.74, 6) is 0.133. The van der Waals surface area contributed by atoms with Crippen LogP contribution < -0.4 is 5.32 Å². The number of β-lactam (4-membered cyclic amide) rings is 1. The molecule has 1 aliphatic heterocycles. The van der Waals surface area contributed by atoms with E-state index in [-0.39, 0.29) is 11.9 Å². The van der Waals surface area contributed by atoms with Gasteiger partial charge in [0, 0.05) is 18.3 Å². The highest BCUT2D eigenvalue weighted by Gasteiger charge is 2.27. The lowest BCUT2D eigenvalue weighted by Crippen LogP contribution is -2.41. The maximum absolute atomic E-state index is 10.7. The SMILES string of the molecule is CCCn1cc(C2CC(=O)N2)cn1. The third-order valence-electron chi connectivity index (χ3n) is 2.23. The molecule has 1 fully saturated rings. The van der Waals surface area contributed by atoms with Gasteiger partial charge in [0.15, 0.2) is 0 Å². The quantitative estimate of drug-likeness (QED) is 0.699. The van der Waals surface area contributed by atoms with Gasteiger partial charge in [-0.3, -0.25) is 9.48 Å². The van der Waals surface area contributed by atoms with E-state index < -0.39 is 0 Å². The van der Waals surface area contributed by atoms with E-state index in [9.17, 15) is 4.79 Å². The van der Waals surface area contributed by atoms with E-state index in [1.54, 1.807) is 0 Å². The van der Waals surface area contributed by atoms with E-state index in [1.807, 2.05) is 17.1 Å². The summed E-state index contributed by atoms with van der Waals surface area (Å²) in [6.45, 7) is 3.06. The zero-order valence-electron chi connectivity index (χ0n) is 7.66. The molecule has 0 saturated carbocycles. The number of hydrogen-bond acceptors (Lipinski definition) is 2. The molecule has 2 rings (SSSR count). The fraction of sp³-hybridized carbons (Fsp3) is 0.556. The second-order valence-corrected chi connectivity index (χ2v) is 3.36. The molecule has 1 N–H and O–H groups in total. The van der Waals surface area contributed by atoms with Crippen LogP contribution >= 0.6 is 0 Å². The van der Waals surface area contributed by atoms with Gasteiger partial charge in [0.05, 0.1) is 18.7 Å². The van der Waals surface area contributed by atoms with Crippen molar-refractivity contribution in [3.8, 4) is 0 Å². The largest absolute Gasteiger partial charge is 0.349 e. The van der Waals surface area contributed by atoms with Crippen molar-refractivity contribution in [2.24, 2.45) is 0 Å². The van der Waals surface area contributed by atoms with Crippen molar-refractivity contribution >= 4 is 5.91 Å².